The highest BCUT2D eigenvalue weighted by Gasteiger charge is 2.41. The lowest BCUT2D eigenvalue weighted by molar-refractivity contribution is -0.132. The fourth-order valence-corrected chi connectivity index (χ4v) is 4.43. The first-order chi connectivity index (χ1) is 14.2. The van der Waals surface area contributed by atoms with Crippen molar-refractivity contribution in [1.82, 2.24) is 20.4 Å². The molecule has 1 aliphatic heterocycles. The maximum atomic E-state index is 13.3. The summed E-state index contributed by atoms with van der Waals surface area (Å²) in [7, 11) is 1.65. The molecule has 0 radical (unpaired) electrons. The molecule has 0 spiro atoms. The first kappa shape index (κ1) is 22.4. The Kier molecular flexibility index (Phi) is 7.61. The summed E-state index contributed by atoms with van der Waals surface area (Å²) in [6, 6.07) is 7.71. The zero-order chi connectivity index (χ0) is 20.1. The first-order valence-electron chi connectivity index (χ1n) is 10.5. The summed E-state index contributed by atoms with van der Waals surface area (Å²) in [5, 5.41) is 10.9. The number of carbonyl (C=O) groups is 1. The highest BCUT2D eigenvalue weighted by atomic mass is 35.5. The number of hydrogen-bond donors (Lipinski definition) is 2. The topological polar surface area (TPSA) is 77.4 Å². The molecule has 30 heavy (non-hydrogen) atoms. The van der Waals surface area contributed by atoms with E-state index in [9.17, 15) is 4.79 Å². The molecule has 2 fully saturated rings. The molecule has 1 aromatic carbocycles. The molecule has 0 bridgehead atoms. The van der Waals surface area contributed by atoms with Gasteiger partial charge in [-0.1, -0.05) is 12.1 Å². The van der Waals surface area contributed by atoms with E-state index in [1.807, 2.05) is 35.1 Å². The third-order valence-electron chi connectivity index (χ3n) is 6.10. The van der Waals surface area contributed by atoms with E-state index in [4.69, 9.17) is 9.47 Å². The van der Waals surface area contributed by atoms with E-state index in [-0.39, 0.29) is 24.4 Å². The van der Waals surface area contributed by atoms with E-state index in [0.717, 1.165) is 37.2 Å². The molecule has 2 aromatic rings. The molecule has 1 amide bonds. The van der Waals surface area contributed by atoms with E-state index >= 15 is 0 Å². The van der Waals surface area contributed by atoms with Crippen molar-refractivity contribution in [3.63, 3.8) is 0 Å². The molecule has 7 nitrogen and oxygen atoms in total. The van der Waals surface area contributed by atoms with Crippen LogP contribution < -0.4 is 20.1 Å². The second-order valence-electron chi connectivity index (χ2n) is 7.89. The molecule has 8 heteroatoms. The van der Waals surface area contributed by atoms with Crippen LogP contribution in [0.4, 0.5) is 0 Å². The van der Waals surface area contributed by atoms with Gasteiger partial charge in [-0.2, -0.15) is 5.10 Å². The van der Waals surface area contributed by atoms with Crippen LogP contribution >= 0.6 is 12.4 Å². The van der Waals surface area contributed by atoms with Gasteiger partial charge in [-0.05, 0) is 63.7 Å². The van der Waals surface area contributed by atoms with Crippen molar-refractivity contribution in [3.05, 3.63) is 42.2 Å². The van der Waals surface area contributed by atoms with Gasteiger partial charge in [-0.15, -0.1) is 12.4 Å². The maximum Gasteiger partial charge on any atom is 0.248 e. The number of hydrogen-bond acceptors (Lipinski definition) is 5. The van der Waals surface area contributed by atoms with Crippen LogP contribution in [0.25, 0.3) is 0 Å². The summed E-state index contributed by atoms with van der Waals surface area (Å²) >= 11 is 0. The molecule has 164 valence electrons. The molecule has 1 aromatic heterocycles. The van der Waals surface area contributed by atoms with Crippen molar-refractivity contribution in [2.45, 2.75) is 56.7 Å². The normalized spacial score (nSPS) is 18.4. The second kappa shape index (κ2) is 10.2. The zero-order valence-electron chi connectivity index (χ0n) is 17.4. The number of amides is 1. The van der Waals surface area contributed by atoms with Crippen LogP contribution in [-0.2, 0) is 16.9 Å². The molecule has 1 aliphatic carbocycles. The van der Waals surface area contributed by atoms with Gasteiger partial charge < -0.3 is 20.1 Å². The van der Waals surface area contributed by atoms with Gasteiger partial charge in [0.05, 0.1) is 13.2 Å². The van der Waals surface area contributed by atoms with Crippen LogP contribution in [0, 0.1) is 0 Å². The fourth-order valence-electron chi connectivity index (χ4n) is 4.43. The smallest absolute Gasteiger partial charge is 0.248 e. The summed E-state index contributed by atoms with van der Waals surface area (Å²) < 4.78 is 13.6. The molecular weight excluding hydrogens is 404 g/mol. The number of para-hydroxylation sites is 1. The number of ether oxygens (including phenoxy) is 2. The number of methoxy groups -OCH3 is 1. The summed E-state index contributed by atoms with van der Waals surface area (Å²) in [4.78, 5) is 13.3. The molecular formula is C22H31ClN4O3. The van der Waals surface area contributed by atoms with Crippen molar-refractivity contribution >= 4 is 18.3 Å². The van der Waals surface area contributed by atoms with E-state index < -0.39 is 5.54 Å². The Labute approximate surface area is 183 Å². The molecule has 0 unspecified atom stereocenters. The van der Waals surface area contributed by atoms with Gasteiger partial charge >= 0.3 is 0 Å². The van der Waals surface area contributed by atoms with Crippen molar-refractivity contribution in [3.8, 4) is 11.5 Å². The van der Waals surface area contributed by atoms with Gasteiger partial charge in [0, 0.05) is 24.5 Å². The number of rotatable bonds is 7. The Morgan fingerprint density at radius 3 is 2.70 bits per heavy atom. The highest BCUT2D eigenvalue weighted by molar-refractivity contribution is 5.85. The van der Waals surface area contributed by atoms with E-state index in [1.165, 1.54) is 12.8 Å². The number of nitrogens with one attached hydrogen (secondary N) is 2. The predicted octanol–water partition coefficient (Wildman–Crippen LogP) is 3.03. The minimum Gasteiger partial charge on any atom is -0.493 e. The molecule has 0 atom stereocenters. The van der Waals surface area contributed by atoms with E-state index in [0.29, 0.717) is 25.1 Å². The summed E-state index contributed by atoms with van der Waals surface area (Å²) in [6.07, 6.45) is 9.80. The van der Waals surface area contributed by atoms with Crippen molar-refractivity contribution in [1.29, 1.82) is 0 Å². The van der Waals surface area contributed by atoms with Crippen molar-refractivity contribution in [2.75, 3.05) is 20.2 Å². The average molecular weight is 435 g/mol. The van der Waals surface area contributed by atoms with Crippen molar-refractivity contribution < 1.29 is 14.3 Å². The SMILES string of the molecule is COc1cccc(CNC(=O)C2(n3cccn3)CCNCC2)c1OC1CCCC1.Cl. The number of halogens is 1. The van der Waals surface area contributed by atoms with Crippen molar-refractivity contribution in [2.24, 2.45) is 0 Å². The monoisotopic (exact) mass is 434 g/mol. The lowest BCUT2D eigenvalue weighted by atomic mass is 9.87. The standard InChI is InChI=1S/C22H30N4O3.ClH/c1-28-19-9-4-6-17(20(19)29-18-7-2-3-8-18)16-24-21(27)22(10-13-23-14-11-22)26-15-5-12-25-26;/h4-6,9,12,15,18,23H,2-3,7-8,10-11,13-14,16H2,1H3,(H,24,27);1H. The molecule has 1 saturated carbocycles. The van der Waals surface area contributed by atoms with Crippen LogP contribution in [-0.4, -0.2) is 42.0 Å². The summed E-state index contributed by atoms with van der Waals surface area (Å²) in [5.74, 6) is 1.46. The molecule has 2 N–H and O–H groups in total. The Balaban J connectivity index is 0.00000256. The lowest BCUT2D eigenvalue weighted by Gasteiger charge is -2.36. The van der Waals surface area contributed by atoms with Gasteiger partial charge in [0.2, 0.25) is 5.91 Å². The van der Waals surface area contributed by atoms with Crippen LogP contribution in [0.15, 0.2) is 36.7 Å². The number of piperidine rings is 1. The number of carbonyl (C=O) groups excluding carboxylic acids is 1. The Bertz CT molecular complexity index is 816. The largest absolute Gasteiger partial charge is 0.493 e. The van der Waals surface area contributed by atoms with Crippen LogP contribution in [0.1, 0.15) is 44.1 Å². The fraction of sp³-hybridized carbons (Fsp3) is 0.545. The van der Waals surface area contributed by atoms with Gasteiger partial charge in [0.25, 0.3) is 0 Å². The van der Waals surface area contributed by atoms with Gasteiger partial charge in [-0.3, -0.25) is 9.48 Å². The minimum absolute atomic E-state index is 0. The third-order valence-corrected chi connectivity index (χ3v) is 6.10. The number of aromatic nitrogens is 2. The summed E-state index contributed by atoms with van der Waals surface area (Å²) in [6.45, 7) is 1.99. The highest BCUT2D eigenvalue weighted by Crippen LogP contribution is 2.35. The van der Waals surface area contributed by atoms with Gasteiger partial charge in [0.15, 0.2) is 11.5 Å². The Hall–Kier alpha value is -2.25. The quantitative estimate of drug-likeness (QED) is 0.700. The van der Waals surface area contributed by atoms with Crippen LogP contribution in [0.2, 0.25) is 0 Å². The first-order valence-corrected chi connectivity index (χ1v) is 10.5. The van der Waals surface area contributed by atoms with Gasteiger partial charge in [0.1, 0.15) is 5.54 Å². The second-order valence-corrected chi connectivity index (χ2v) is 7.89. The zero-order valence-corrected chi connectivity index (χ0v) is 18.2. The predicted molar refractivity (Wildman–Crippen MR) is 117 cm³/mol. The van der Waals surface area contributed by atoms with E-state index in [2.05, 4.69) is 15.7 Å². The van der Waals surface area contributed by atoms with Gasteiger partial charge in [-0.25, -0.2) is 0 Å². The molecule has 2 aliphatic rings. The minimum atomic E-state index is -0.653. The van der Waals surface area contributed by atoms with Crippen LogP contribution in [0.3, 0.4) is 0 Å². The summed E-state index contributed by atoms with van der Waals surface area (Å²) in [5.41, 5.74) is 0.286. The number of nitrogens with zero attached hydrogens (tertiary/aromatic N) is 2. The molecule has 1 saturated heterocycles. The molecule has 4 rings (SSSR count). The third kappa shape index (κ3) is 4.57. The van der Waals surface area contributed by atoms with Crippen LogP contribution in [0.5, 0.6) is 11.5 Å². The number of benzene rings is 1. The maximum absolute atomic E-state index is 13.3. The Morgan fingerprint density at radius 1 is 1.27 bits per heavy atom. The average Bonchev–Trinajstić information content (AvgIpc) is 3.47. The van der Waals surface area contributed by atoms with E-state index in [1.54, 1.807) is 13.3 Å². The molecule has 2 heterocycles. The lowest BCUT2D eigenvalue weighted by Crippen LogP contribution is -2.54. The Morgan fingerprint density at radius 2 is 2.03 bits per heavy atom.